The Bertz CT molecular complexity index is 2300. The first-order chi connectivity index (χ1) is 39.2. The molecule has 92 heavy (non-hydrogen) atoms. The van der Waals surface area contributed by atoms with Gasteiger partial charge in [-0.15, -0.1) is 0 Å². The van der Waals surface area contributed by atoms with Crippen LogP contribution < -0.4 is 0 Å². The van der Waals surface area contributed by atoms with E-state index in [0.717, 1.165) is 102 Å². The molecule has 13 aliphatic rings. The highest BCUT2D eigenvalue weighted by Crippen LogP contribution is 2.63. The second-order valence-electron chi connectivity index (χ2n) is 31.0. The van der Waals surface area contributed by atoms with Crippen molar-refractivity contribution in [3.05, 3.63) is 0 Å². The predicted molar refractivity (Wildman–Crippen MR) is 369 cm³/mol. The fourth-order valence-electron chi connectivity index (χ4n) is 16.6. The molecule has 2 heterocycles. The largest absolute Gasteiger partial charge is 0.511 e. The minimum atomic E-state index is -0.817. The summed E-state index contributed by atoms with van der Waals surface area (Å²) >= 11 is 0. The summed E-state index contributed by atoms with van der Waals surface area (Å²) in [4.78, 5) is 84.7. The number of carbonyl (C=O) groups excluding carboxylic acids is 7. The van der Waals surface area contributed by atoms with Gasteiger partial charge in [0.15, 0.2) is 6.61 Å². The summed E-state index contributed by atoms with van der Waals surface area (Å²) in [7, 11) is 0. The average molecular weight is 1310 g/mol. The number of aliphatic hydroxyl groups is 1. The van der Waals surface area contributed by atoms with Gasteiger partial charge in [-0.25, -0.2) is 9.59 Å². The number of fused-ring (bicyclic) bond motifs is 1. The number of hydrogen-bond acceptors (Lipinski definition) is 16. The van der Waals surface area contributed by atoms with E-state index in [2.05, 4.69) is 27.7 Å². The molecule has 2 aliphatic heterocycles. The minimum absolute atomic E-state index is 0. The van der Waals surface area contributed by atoms with Gasteiger partial charge in [-0.2, -0.15) is 0 Å². The maximum atomic E-state index is 12.8. The Labute approximate surface area is 562 Å². The Morgan fingerprint density at radius 3 is 1.43 bits per heavy atom. The lowest BCUT2D eigenvalue weighted by atomic mass is 9.47. The molecule has 13 fully saturated rings. The Hall–Kier alpha value is -3.95. The van der Waals surface area contributed by atoms with E-state index in [1.807, 2.05) is 48.5 Å². The van der Waals surface area contributed by atoms with Gasteiger partial charge in [-0.05, 0) is 250 Å². The minimum Gasteiger partial charge on any atom is -0.459 e. The first-order valence-corrected chi connectivity index (χ1v) is 33.0. The average Bonchev–Trinajstić information content (AvgIpc) is 0.918. The molecule has 7 unspecified atom stereocenters. The first-order valence-electron chi connectivity index (χ1n) is 33.0. The third kappa shape index (κ3) is 20.5. The molecule has 11 saturated carbocycles. The van der Waals surface area contributed by atoms with Crippen LogP contribution in [0.25, 0.3) is 0 Å². The summed E-state index contributed by atoms with van der Waals surface area (Å²) in [5, 5.41) is 10.6. The third-order valence-electron chi connectivity index (χ3n) is 22.9. The lowest BCUT2D eigenvalue weighted by molar-refractivity contribution is -0.231. The van der Waals surface area contributed by atoms with Gasteiger partial charge in [0.25, 0.3) is 0 Å². The number of ether oxygens (including phenoxy) is 8. The van der Waals surface area contributed by atoms with E-state index in [1.165, 1.54) is 44.9 Å². The van der Waals surface area contributed by atoms with E-state index in [9.17, 15) is 38.7 Å². The second-order valence-corrected chi connectivity index (χ2v) is 31.0. The maximum Gasteiger partial charge on any atom is 0.511 e. The molecule has 0 amide bonds. The van der Waals surface area contributed by atoms with E-state index in [0.29, 0.717) is 54.8 Å². The zero-order chi connectivity index (χ0) is 62.0. The molecule has 0 aromatic rings. The number of esters is 6. The van der Waals surface area contributed by atoms with Crippen molar-refractivity contribution in [2.75, 3.05) is 13.4 Å². The summed E-state index contributed by atoms with van der Waals surface area (Å²) < 4.78 is 43.9. The van der Waals surface area contributed by atoms with Crippen molar-refractivity contribution >= 4 is 42.0 Å². The summed E-state index contributed by atoms with van der Waals surface area (Å²) in [6.45, 7) is 28.9. The van der Waals surface area contributed by atoms with Gasteiger partial charge in [-0.3, -0.25) is 24.0 Å². The molecule has 13 rings (SSSR count). The maximum absolute atomic E-state index is 12.8. The molecule has 0 spiro atoms. The molecule has 7 atom stereocenters. The number of rotatable bonds is 18. The molecule has 0 aromatic heterocycles. The zero-order valence-corrected chi connectivity index (χ0v) is 54.4. The van der Waals surface area contributed by atoms with Crippen LogP contribution in [0.4, 0.5) is 4.79 Å². The normalized spacial score (nSPS) is 31.5. The lowest BCUT2D eigenvalue weighted by Crippen LogP contribution is -2.63. The van der Waals surface area contributed by atoms with Gasteiger partial charge >= 0.3 is 42.0 Å². The van der Waals surface area contributed by atoms with E-state index >= 15 is 0 Å². The van der Waals surface area contributed by atoms with Crippen LogP contribution in [0.3, 0.4) is 0 Å². The van der Waals surface area contributed by atoms with Crippen LogP contribution in [0.1, 0.15) is 317 Å². The highest BCUT2D eigenvalue weighted by molar-refractivity contribution is 5.80. The molecule has 12 bridgehead atoms. The molecule has 0 aromatic carbocycles. The van der Waals surface area contributed by atoms with Crippen molar-refractivity contribution < 1.29 is 76.6 Å². The molecule has 0 radical (unpaired) electrons. The molecule has 16 nitrogen and oxygen atoms in total. The fraction of sp³-hybridized carbons (Fsp3) is 0.908. The van der Waals surface area contributed by atoms with Crippen molar-refractivity contribution in [2.45, 2.75) is 352 Å². The highest BCUT2D eigenvalue weighted by Gasteiger charge is 2.62. The van der Waals surface area contributed by atoms with Crippen molar-refractivity contribution in [1.29, 1.82) is 0 Å². The Balaban J connectivity index is 0. The standard InChI is InChI=1S/C19H32O2.C18H28O6.C18H26O6.C13H24O2.8CH4/c1-6-18(4,5)17(20)21-19(12(2)3)15-8-13-7-14(10-15)11-16(19)9-13;1-4-16(2,3)14(19)22-11-23-15(20)24-18-8-12-5-13(9-18)7-17(21,6-12)10-18;1-4-18(2,3)17(21)22-9-14(19)24-15-11-5-10-6-12(8-11)16(20)23-13(15)7-10;1-5-12(3,4)11(14)15-13(6-2)9-7-8-10-13;;;;;;;;/h12-16H,6-11H2,1-5H3;12-13,21H,4-11H2,1-3H3;10-13,15H,4-9H2,1-3H3;5-10H2,1-4H3;8*1H4. The molecule has 1 N–H and O–H groups in total. The van der Waals surface area contributed by atoms with Crippen molar-refractivity contribution in [3.8, 4) is 0 Å². The van der Waals surface area contributed by atoms with Gasteiger partial charge in [0.2, 0.25) is 6.79 Å². The molecule has 2 saturated heterocycles. The topological polar surface area (TPSA) is 214 Å². The predicted octanol–water partition coefficient (Wildman–Crippen LogP) is 19.0. The Morgan fingerprint density at radius 2 is 0.978 bits per heavy atom. The molecule has 11 aliphatic carbocycles. The summed E-state index contributed by atoms with van der Waals surface area (Å²) in [6, 6.07) is 0. The summed E-state index contributed by atoms with van der Waals surface area (Å²) in [5.41, 5.74) is -3.50. The van der Waals surface area contributed by atoms with Gasteiger partial charge in [0, 0.05) is 12.3 Å². The van der Waals surface area contributed by atoms with Gasteiger partial charge in [0.1, 0.15) is 29.0 Å². The van der Waals surface area contributed by atoms with Gasteiger partial charge in [-0.1, -0.05) is 108 Å². The van der Waals surface area contributed by atoms with Crippen LogP contribution >= 0.6 is 0 Å². The van der Waals surface area contributed by atoms with Crippen molar-refractivity contribution in [2.24, 2.45) is 80.8 Å². The van der Waals surface area contributed by atoms with E-state index < -0.39 is 59.0 Å². The SMILES string of the molecule is C.C.C.C.C.C.C.C.CCC(C)(C)C(=O)OC1(C(C)C)C2CC3CC(C2)CC1C3.CCC(C)(C)C(=O)OCC(=O)OC1C2CC3CC(C2)C(=O)OC1C3.CCC(C)(C)C(=O)OCOC(=O)OC12CC3CC(CC(O)(C3)C1)C2.CCC1(OC(=O)C(C)(C)CC)CCCC1. The Kier molecular flexibility index (Phi) is 34.6. The summed E-state index contributed by atoms with van der Waals surface area (Å²) in [6.07, 6.45) is 21.7. The van der Waals surface area contributed by atoms with Crippen LogP contribution in [-0.2, 0) is 66.7 Å². The van der Waals surface area contributed by atoms with Crippen LogP contribution in [0, 0.1) is 80.8 Å². The van der Waals surface area contributed by atoms with Crippen LogP contribution in [0.5, 0.6) is 0 Å². The van der Waals surface area contributed by atoms with Crippen LogP contribution in [0.2, 0.25) is 0 Å². The molecular formula is C76H142O16. The third-order valence-corrected chi connectivity index (χ3v) is 22.9. The monoisotopic (exact) mass is 1310 g/mol. The van der Waals surface area contributed by atoms with Crippen molar-refractivity contribution in [1.82, 2.24) is 0 Å². The lowest BCUT2D eigenvalue weighted by Gasteiger charge is -2.62. The fourth-order valence-corrected chi connectivity index (χ4v) is 16.6. The molecule has 16 heteroatoms. The van der Waals surface area contributed by atoms with Crippen LogP contribution in [0.15, 0.2) is 0 Å². The van der Waals surface area contributed by atoms with Gasteiger partial charge in [0.05, 0.1) is 33.2 Å². The van der Waals surface area contributed by atoms with Gasteiger partial charge < -0.3 is 43.0 Å². The van der Waals surface area contributed by atoms with Crippen LogP contribution in [-0.4, -0.2) is 95.1 Å². The zero-order valence-electron chi connectivity index (χ0n) is 54.4. The van der Waals surface area contributed by atoms with E-state index in [-0.39, 0.29) is 124 Å². The summed E-state index contributed by atoms with van der Waals surface area (Å²) in [5.74, 6) is 3.44. The van der Waals surface area contributed by atoms with E-state index in [4.69, 9.17) is 37.9 Å². The molecule has 542 valence electrons. The first kappa shape index (κ1) is 90.1. The highest BCUT2D eigenvalue weighted by atomic mass is 16.8. The number of hydrogen-bond donors (Lipinski definition) is 1. The Morgan fingerprint density at radius 1 is 0.533 bits per heavy atom. The second kappa shape index (κ2) is 35.3. The van der Waals surface area contributed by atoms with E-state index in [1.54, 1.807) is 27.7 Å². The smallest absolute Gasteiger partial charge is 0.459 e. The number of carbonyl (C=O) groups is 7. The molecular weight excluding hydrogens is 1170 g/mol. The quantitative estimate of drug-likeness (QED) is 0.0767. The van der Waals surface area contributed by atoms with Crippen molar-refractivity contribution in [3.63, 3.8) is 0 Å².